The number of rotatable bonds is 6. The van der Waals surface area contributed by atoms with Crippen LogP contribution in [0.5, 0.6) is 0 Å². The van der Waals surface area contributed by atoms with E-state index in [1.807, 2.05) is 5.48 Å². The van der Waals surface area contributed by atoms with Gasteiger partial charge in [0.25, 0.3) is 0 Å². The number of hydroxylamine groups is 1. The molecule has 0 aliphatic carbocycles. The molecule has 0 heterocycles. The number of aryl methyl sites for hydroxylation is 1. The lowest BCUT2D eigenvalue weighted by Gasteiger charge is -2.06. The fraction of sp³-hybridized carbons (Fsp3) is 0.0667. The van der Waals surface area contributed by atoms with Crippen molar-refractivity contribution in [3.63, 3.8) is 0 Å². The van der Waals surface area contributed by atoms with Crippen LogP contribution in [0.3, 0.4) is 0 Å². The van der Waals surface area contributed by atoms with E-state index >= 15 is 0 Å². The fourth-order valence-electron chi connectivity index (χ4n) is 1.90. The summed E-state index contributed by atoms with van der Waals surface area (Å²) in [7, 11) is -4.19. The monoisotopic (exact) mass is 413 g/mol. The van der Waals surface area contributed by atoms with Crippen LogP contribution >= 0.6 is 0 Å². The first kappa shape index (κ1) is 20.9. The van der Waals surface area contributed by atoms with Gasteiger partial charge in [-0.15, -0.1) is 9.39 Å². The number of hydrogen-bond acceptors (Lipinski definition) is 7. The number of nitro benzene ring substituents is 1. The van der Waals surface area contributed by atoms with E-state index in [9.17, 15) is 27.3 Å². The topological polar surface area (TPSA) is 149 Å². The number of guanidine groups is 1. The van der Waals surface area contributed by atoms with E-state index in [1.54, 1.807) is 19.1 Å². The zero-order chi connectivity index (χ0) is 20.9. The van der Waals surface area contributed by atoms with Crippen LogP contribution in [0, 0.1) is 28.7 Å². The molecule has 0 fully saturated rings. The number of halogens is 2. The Labute approximate surface area is 157 Å². The number of nitro groups is 1. The Balaban J connectivity index is 2.11. The summed E-state index contributed by atoms with van der Waals surface area (Å²) >= 11 is 0. The summed E-state index contributed by atoms with van der Waals surface area (Å²) < 4.78 is 55.1. The molecule has 13 heteroatoms. The van der Waals surface area contributed by atoms with Gasteiger partial charge in [-0.1, -0.05) is 17.7 Å². The normalized spacial score (nSPS) is 12.3. The molecule has 3 N–H and O–H groups in total. The molecule has 28 heavy (non-hydrogen) atoms. The van der Waals surface area contributed by atoms with Gasteiger partial charge >= 0.3 is 15.8 Å². The van der Waals surface area contributed by atoms with Crippen LogP contribution in [0.15, 0.2) is 51.5 Å². The molecule has 0 radical (unpaired) electrons. The maximum absolute atomic E-state index is 13.5. The Hall–Kier alpha value is -3.45. The van der Waals surface area contributed by atoms with Gasteiger partial charge in [0.2, 0.25) is 11.8 Å². The highest BCUT2D eigenvalue weighted by Crippen LogP contribution is 2.22. The second-order valence-corrected chi connectivity index (χ2v) is 6.81. The zero-order valence-electron chi connectivity index (χ0n) is 14.2. The highest BCUT2D eigenvalue weighted by atomic mass is 32.2. The Morgan fingerprint density at radius 3 is 2.54 bits per heavy atom. The van der Waals surface area contributed by atoms with Gasteiger partial charge in [0.15, 0.2) is 0 Å². The van der Waals surface area contributed by atoms with Crippen LogP contribution in [0.2, 0.25) is 0 Å². The van der Waals surface area contributed by atoms with E-state index in [1.165, 1.54) is 12.1 Å². The number of nitrogens with one attached hydrogen (secondary N) is 1. The lowest BCUT2D eigenvalue weighted by atomic mass is 10.2. The van der Waals surface area contributed by atoms with Gasteiger partial charge in [-0.3, -0.25) is 10.1 Å². The quantitative estimate of drug-likeness (QED) is 0.317. The van der Waals surface area contributed by atoms with Gasteiger partial charge in [-0.2, -0.15) is 17.9 Å². The van der Waals surface area contributed by atoms with E-state index in [-0.39, 0.29) is 4.90 Å². The van der Waals surface area contributed by atoms with Crippen molar-refractivity contribution in [3.8, 4) is 0 Å². The summed E-state index contributed by atoms with van der Waals surface area (Å²) in [5.74, 6) is -3.09. The molecule has 0 aliphatic rings. The zero-order valence-corrected chi connectivity index (χ0v) is 15.0. The first-order valence-corrected chi connectivity index (χ1v) is 8.77. The number of hydrogen-bond donors (Lipinski definition) is 2. The molecule has 0 spiro atoms. The van der Waals surface area contributed by atoms with Crippen LogP contribution < -0.4 is 11.2 Å². The maximum Gasteiger partial charge on any atom is 0.317 e. The average molecular weight is 413 g/mol. The van der Waals surface area contributed by atoms with Crippen molar-refractivity contribution in [2.75, 3.05) is 0 Å². The highest BCUT2D eigenvalue weighted by molar-refractivity contribution is 7.86. The average Bonchev–Trinajstić information content (AvgIpc) is 2.59. The van der Waals surface area contributed by atoms with Crippen LogP contribution in [0.4, 0.5) is 14.5 Å². The first-order chi connectivity index (χ1) is 13.1. The van der Waals surface area contributed by atoms with Crippen LogP contribution in [-0.4, -0.2) is 25.5 Å². The Morgan fingerprint density at radius 2 is 1.93 bits per heavy atom. The predicted molar refractivity (Wildman–Crippen MR) is 94.8 cm³/mol. The summed E-state index contributed by atoms with van der Waals surface area (Å²) in [4.78, 5) is 9.64. The van der Waals surface area contributed by atoms with Gasteiger partial charge in [-0.05, 0) is 25.1 Å². The summed E-state index contributed by atoms with van der Waals surface area (Å²) in [5.41, 5.74) is 6.51. The molecular weight excluding hydrogens is 400 g/mol. The Morgan fingerprint density at radius 1 is 1.29 bits per heavy atom. The van der Waals surface area contributed by atoms with Crippen molar-refractivity contribution in [1.82, 2.24) is 5.48 Å². The van der Waals surface area contributed by atoms with Crippen LogP contribution in [0.1, 0.15) is 11.1 Å². The largest absolute Gasteiger partial charge is 0.367 e. The molecule has 2 aromatic rings. The van der Waals surface area contributed by atoms with Crippen molar-refractivity contribution < 1.29 is 26.4 Å². The molecule has 0 amide bonds. The predicted octanol–water partition coefficient (Wildman–Crippen LogP) is 1.74. The van der Waals surface area contributed by atoms with Gasteiger partial charge in [0, 0.05) is 6.07 Å². The molecule has 148 valence electrons. The third-order valence-corrected chi connectivity index (χ3v) is 4.32. The molecule has 2 aromatic carbocycles. The third-order valence-electron chi connectivity index (χ3n) is 3.17. The number of nitrogens with two attached hydrogens (primary N) is 1. The minimum absolute atomic E-state index is 0.146. The molecule has 10 nitrogen and oxygen atoms in total. The van der Waals surface area contributed by atoms with Gasteiger partial charge < -0.3 is 5.73 Å². The SMILES string of the molecule is Cc1ccc(S(=O)(=O)ONC(N)=NN=Cc2cc(F)cc(F)c2[N+](=O)[O-])cc1. The number of nitrogens with zero attached hydrogens (tertiary/aromatic N) is 3. The summed E-state index contributed by atoms with van der Waals surface area (Å²) in [6.45, 7) is 1.77. The molecule has 0 aromatic heterocycles. The molecule has 0 unspecified atom stereocenters. The highest BCUT2D eigenvalue weighted by Gasteiger charge is 2.21. The minimum Gasteiger partial charge on any atom is -0.367 e. The van der Waals surface area contributed by atoms with Gasteiger partial charge in [0.05, 0.1) is 21.6 Å². The molecular formula is C15H13F2N5O5S. The summed E-state index contributed by atoms with van der Waals surface area (Å²) in [6, 6.07) is 6.76. The van der Waals surface area contributed by atoms with Gasteiger partial charge in [-0.25, -0.2) is 9.87 Å². The standard InChI is InChI=1S/C15H13F2N5O5S/c1-9-2-4-12(5-3-9)28(25,26)27-21-15(18)20-19-8-10-6-11(16)7-13(17)14(10)22(23)24/h2-8H,1H3,(H3,18,20,21). The van der Waals surface area contributed by atoms with E-state index in [0.29, 0.717) is 18.3 Å². The molecule has 0 atom stereocenters. The van der Waals surface area contributed by atoms with E-state index in [4.69, 9.17) is 5.73 Å². The van der Waals surface area contributed by atoms with Crippen molar-refractivity contribution in [3.05, 3.63) is 69.3 Å². The minimum atomic E-state index is -4.19. The fourth-order valence-corrected chi connectivity index (χ4v) is 2.66. The lowest BCUT2D eigenvalue weighted by molar-refractivity contribution is -0.387. The first-order valence-electron chi connectivity index (χ1n) is 7.36. The van der Waals surface area contributed by atoms with E-state index < -0.39 is 43.9 Å². The summed E-state index contributed by atoms with van der Waals surface area (Å²) in [5, 5.41) is 17.4. The second kappa shape index (κ2) is 8.49. The van der Waals surface area contributed by atoms with Crippen LogP contribution in [-0.2, 0) is 14.4 Å². The second-order valence-electron chi connectivity index (χ2n) is 5.26. The molecule has 0 saturated carbocycles. The van der Waals surface area contributed by atoms with Crippen molar-refractivity contribution in [2.24, 2.45) is 15.9 Å². The lowest BCUT2D eigenvalue weighted by Crippen LogP contribution is -2.33. The molecule has 2 rings (SSSR count). The van der Waals surface area contributed by atoms with E-state index in [2.05, 4.69) is 14.5 Å². The Bertz CT molecular complexity index is 1060. The molecule has 0 bridgehead atoms. The van der Waals surface area contributed by atoms with E-state index in [0.717, 1.165) is 5.56 Å². The molecule has 0 saturated heterocycles. The third kappa shape index (κ3) is 5.28. The number of benzene rings is 2. The van der Waals surface area contributed by atoms with Gasteiger partial charge in [0.1, 0.15) is 5.82 Å². The van der Waals surface area contributed by atoms with Crippen molar-refractivity contribution in [2.45, 2.75) is 11.8 Å². The maximum atomic E-state index is 13.5. The van der Waals surface area contributed by atoms with Crippen LogP contribution in [0.25, 0.3) is 0 Å². The molecule has 0 aliphatic heterocycles. The Kier molecular flexibility index (Phi) is 6.33. The van der Waals surface area contributed by atoms with Crippen molar-refractivity contribution in [1.29, 1.82) is 0 Å². The summed E-state index contributed by atoms with van der Waals surface area (Å²) in [6.07, 6.45) is 0.674. The van der Waals surface area contributed by atoms with Crippen molar-refractivity contribution >= 4 is 28.0 Å². The smallest absolute Gasteiger partial charge is 0.317 e.